The highest BCUT2D eigenvalue weighted by Gasteiger charge is 2.27. The largest absolute Gasteiger partial charge is 0.756 e. The Hall–Kier alpha value is -3.33. The maximum atomic E-state index is 13.6. The Kier molecular flexibility index (Phi) is 63.1. The molecule has 0 aromatic rings. The van der Waals surface area contributed by atoms with Gasteiger partial charge in [-0.3, -0.25) is 14.2 Å². The van der Waals surface area contributed by atoms with Crippen LogP contribution in [0.25, 0.3) is 0 Å². The number of phosphoric acid groups is 1. The highest BCUT2D eigenvalue weighted by atomic mass is 31.2. The lowest BCUT2D eigenvalue weighted by Crippen LogP contribution is -2.47. The molecule has 0 rings (SSSR count). The number of amides is 1. The number of unbranched alkanes of at least 4 members (excludes halogenated alkanes) is 33. The van der Waals surface area contributed by atoms with Crippen LogP contribution in [0.15, 0.2) is 109 Å². The second-order valence-corrected chi connectivity index (χ2v) is 26.8. The molecule has 3 atom stereocenters. The Morgan fingerprint density at radius 3 is 1.07 bits per heavy atom. The molecule has 0 aromatic heterocycles. The fourth-order valence-corrected chi connectivity index (χ4v) is 10.8. The molecule has 0 bridgehead atoms. The van der Waals surface area contributed by atoms with Crippen molar-refractivity contribution in [3.8, 4) is 0 Å². The van der Waals surface area contributed by atoms with Crippen LogP contribution in [-0.2, 0) is 27.9 Å². The van der Waals surface area contributed by atoms with Crippen LogP contribution in [0.4, 0.5) is 0 Å². The number of rotatable bonds is 65. The summed E-state index contributed by atoms with van der Waals surface area (Å²) in [5.41, 5.74) is 0. The quantitative estimate of drug-likeness (QED) is 0.0212. The van der Waals surface area contributed by atoms with Gasteiger partial charge in [-0.15, -0.1) is 0 Å². The van der Waals surface area contributed by atoms with E-state index in [0.29, 0.717) is 23.9 Å². The summed E-state index contributed by atoms with van der Waals surface area (Å²) in [5, 5.41) is 3.04. The number of hydrogen-bond donors (Lipinski definition) is 1. The number of likely N-dealkylation sites (N-methyl/N-ethyl adjacent to an activating group) is 1. The molecule has 502 valence electrons. The third-order valence-corrected chi connectivity index (χ3v) is 16.6. The monoisotopic (exact) mass is 1230 g/mol. The molecule has 0 aliphatic carbocycles. The SMILES string of the molecule is CCCCC/C=C\C/C=C\C/C=C\C/C=C\CCCCCCCCCCCCCC(=O)NC(COP(=O)([O-])OCC[N+](C)(C)C)C(/C=C\CCCCCCCCCCC)OC(=O)CCCCCCCCC/C=C\C/C=C\C/C=C\C/C=C\CCCCC. The molecule has 0 aromatic carbocycles. The summed E-state index contributed by atoms with van der Waals surface area (Å²) >= 11 is 0. The first-order valence-corrected chi connectivity index (χ1v) is 37.7. The zero-order chi connectivity index (χ0) is 63.5. The summed E-state index contributed by atoms with van der Waals surface area (Å²) in [4.78, 5) is 40.2. The number of phosphoric ester groups is 1. The average molecular weight is 1230 g/mol. The number of allylic oxidation sites excluding steroid dienone is 17. The van der Waals surface area contributed by atoms with E-state index in [0.717, 1.165) is 109 Å². The van der Waals surface area contributed by atoms with Gasteiger partial charge in [0.2, 0.25) is 5.91 Å². The molecule has 1 N–H and O–H groups in total. The summed E-state index contributed by atoms with van der Waals surface area (Å²) in [5.74, 6) is -0.556. The number of nitrogens with one attached hydrogen (secondary N) is 1. The van der Waals surface area contributed by atoms with Gasteiger partial charge in [0.15, 0.2) is 0 Å². The van der Waals surface area contributed by atoms with Gasteiger partial charge in [0, 0.05) is 12.8 Å². The lowest BCUT2D eigenvalue weighted by atomic mass is 10.0. The van der Waals surface area contributed by atoms with Crippen LogP contribution < -0.4 is 10.2 Å². The maximum Gasteiger partial charge on any atom is 0.306 e. The van der Waals surface area contributed by atoms with Crippen LogP contribution in [0.5, 0.6) is 0 Å². The van der Waals surface area contributed by atoms with Gasteiger partial charge in [-0.1, -0.05) is 291 Å². The number of carbonyl (C=O) groups excluding carboxylic acids is 2. The van der Waals surface area contributed by atoms with Crippen LogP contribution in [0.2, 0.25) is 0 Å². The molecule has 0 saturated carbocycles. The molecule has 1 amide bonds. The number of carbonyl (C=O) groups is 2. The number of quaternary nitrogens is 1. The minimum absolute atomic E-state index is 0.0295. The predicted octanol–water partition coefficient (Wildman–Crippen LogP) is 22.6. The maximum absolute atomic E-state index is 13.6. The van der Waals surface area contributed by atoms with E-state index in [1.807, 2.05) is 33.3 Å². The Labute approximate surface area is 538 Å². The molecule has 9 nitrogen and oxygen atoms in total. The molecule has 0 radical (unpaired) electrons. The predicted molar refractivity (Wildman–Crippen MR) is 376 cm³/mol. The van der Waals surface area contributed by atoms with Crippen LogP contribution in [-0.4, -0.2) is 69.4 Å². The first-order chi connectivity index (χ1) is 42.4. The van der Waals surface area contributed by atoms with Crippen LogP contribution in [0.1, 0.15) is 316 Å². The molecule has 10 heteroatoms. The minimum Gasteiger partial charge on any atom is -0.756 e. The first kappa shape index (κ1) is 83.7. The van der Waals surface area contributed by atoms with Crippen molar-refractivity contribution in [3.63, 3.8) is 0 Å². The van der Waals surface area contributed by atoms with E-state index in [-0.39, 0.29) is 24.9 Å². The summed E-state index contributed by atoms with van der Waals surface area (Å²) < 4.78 is 30.4. The first-order valence-electron chi connectivity index (χ1n) is 36.2. The van der Waals surface area contributed by atoms with Crippen LogP contribution in [0, 0.1) is 0 Å². The highest BCUT2D eigenvalue weighted by molar-refractivity contribution is 7.45. The molecular weight excluding hydrogens is 1100 g/mol. The van der Waals surface area contributed by atoms with E-state index in [4.69, 9.17) is 13.8 Å². The Balaban J connectivity index is 5.04. The molecule has 0 saturated heterocycles. The van der Waals surface area contributed by atoms with Crippen molar-refractivity contribution in [2.24, 2.45) is 0 Å². The lowest BCUT2D eigenvalue weighted by molar-refractivity contribution is -0.870. The Bertz CT molecular complexity index is 1860. The molecule has 0 fully saturated rings. The van der Waals surface area contributed by atoms with Crippen molar-refractivity contribution in [3.05, 3.63) is 109 Å². The fraction of sp³-hybridized carbons (Fsp3) is 0.740. The van der Waals surface area contributed by atoms with E-state index in [1.54, 1.807) is 0 Å². The second-order valence-electron chi connectivity index (χ2n) is 25.4. The van der Waals surface area contributed by atoms with Gasteiger partial charge in [0.05, 0.1) is 33.8 Å². The van der Waals surface area contributed by atoms with Gasteiger partial charge < -0.3 is 28.5 Å². The van der Waals surface area contributed by atoms with E-state index in [9.17, 15) is 19.0 Å². The highest BCUT2D eigenvalue weighted by Crippen LogP contribution is 2.38. The van der Waals surface area contributed by atoms with Gasteiger partial charge in [-0.05, 0) is 122 Å². The zero-order valence-corrected chi connectivity index (χ0v) is 58.3. The van der Waals surface area contributed by atoms with Crippen molar-refractivity contribution in [2.45, 2.75) is 328 Å². The lowest BCUT2D eigenvalue weighted by Gasteiger charge is -2.30. The zero-order valence-electron chi connectivity index (χ0n) is 57.4. The summed E-state index contributed by atoms with van der Waals surface area (Å²) in [6.45, 7) is 6.79. The summed E-state index contributed by atoms with van der Waals surface area (Å²) in [7, 11) is 1.17. The van der Waals surface area contributed by atoms with E-state index >= 15 is 0 Å². The second kappa shape index (κ2) is 65.6. The van der Waals surface area contributed by atoms with Gasteiger partial charge in [0.25, 0.3) is 7.82 Å². The average Bonchev–Trinajstić information content (AvgIpc) is 3.70. The summed E-state index contributed by atoms with van der Waals surface area (Å²) in [6.07, 6.45) is 90.7. The van der Waals surface area contributed by atoms with Crippen molar-refractivity contribution in [1.29, 1.82) is 0 Å². The normalized spacial score (nSPS) is 14.1. The standard InChI is InChI=1S/C77H137N2O7P/c1-7-10-13-16-19-22-25-27-29-31-33-35-37-38-39-40-42-43-45-47-49-51-54-57-60-63-66-69-76(80)78-74(73-85-87(82,83)84-72-71-79(4,5)6)75(68-65-62-59-56-53-24-21-18-15-12-9-3)86-77(81)70-67-64-61-58-55-52-50-48-46-44-41-36-34-32-30-28-26-23-20-17-14-11-8-2/h19-20,22-23,27-30,33-36,38-39,44,46,65,68,74-75H,7-18,21,24-26,31-32,37,40-43,45,47-64,66-67,69-73H2,1-6H3,(H-,78,80,82,83)/b22-19-,23-20-,29-27-,30-28-,35-33-,36-34-,39-38-,46-44-,68-65-. The van der Waals surface area contributed by atoms with Crippen molar-refractivity contribution in [2.75, 3.05) is 40.9 Å². The molecular formula is C77H137N2O7P. The molecule has 0 aliphatic rings. The third-order valence-electron chi connectivity index (χ3n) is 15.7. The third kappa shape index (κ3) is 66.9. The molecule has 87 heavy (non-hydrogen) atoms. The minimum atomic E-state index is -4.71. The molecule has 0 spiro atoms. The van der Waals surface area contributed by atoms with Gasteiger partial charge in [0.1, 0.15) is 19.3 Å². The number of ether oxygens (including phenoxy) is 1. The molecule has 0 aliphatic heterocycles. The van der Waals surface area contributed by atoms with Gasteiger partial charge in [-0.2, -0.15) is 0 Å². The number of nitrogens with zero attached hydrogens (tertiary/aromatic N) is 1. The van der Waals surface area contributed by atoms with Crippen molar-refractivity contribution >= 4 is 19.7 Å². The Morgan fingerprint density at radius 1 is 0.402 bits per heavy atom. The molecule has 0 heterocycles. The topological polar surface area (TPSA) is 114 Å². The van der Waals surface area contributed by atoms with Crippen LogP contribution in [0.3, 0.4) is 0 Å². The van der Waals surface area contributed by atoms with Crippen molar-refractivity contribution in [1.82, 2.24) is 5.32 Å². The number of esters is 1. The van der Waals surface area contributed by atoms with Gasteiger partial charge >= 0.3 is 5.97 Å². The van der Waals surface area contributed by atoms with Crippen LogP contribution >= 0.6 is 7.82 Å². The van der Waals surface area contributed by atoms with E-state index < -0.39 is 26.6 Å². The van der Waals surface area contributed by atoms with E-state index in [1.165, 1.54) is 167 Å². The van der Waals surface area contributed by atoms with E-state index in [2.05, 4.69) is 123 Å². The van der Waals surface area contributed by atoms with Gasteiger partial charge in [-0.25, -0.2) is 0 Å². The van der Waals surface area contributed by atoms with Crippen molar-refractivity contribution < 1.29 is 37.3 Å². The molecule has 3 unspecified atom stereocenters. The fourth-order valence-electron chi connectivity index (χ4n) is 10.1. The Morgan fingerprint density at radius 2 is 0.701 bits per heavy atom. The summed E-state index contributed by atoms with van der Waals surface area (Å²) in [6, 6.07) is -0.902. The smallest absolute Gasteiger partial charge is 0.306 e. The number of hydrogen-bond acceptors (Lipinski definition) is 7.